The summed E-state index contributed by atoms with van der Waals surface area (Å²) in [5.41, 5.74) is 0.281. The molecule has 1 saturated heterocycles. The highest BCUT2D eigenvalue weighted by molar-refractivity contribution is 7.90. The number of sulfonamides is 1. The Morgan fingerprint density at radius 2 is 1.54 bits per heavy atom. The molecule has 28 heavy (non-hydrogen) atoms. The Hall–Kier alpha value is -2.61. The highest BCUT2D eigenvalue weighted by Gasteiger charge is 2.45. The maximum Gasteiger partial charge on any atom is 0.346 e. The van der Waals surface area contributed by atoms with E-state index in [1.54, 1.807) is 18.2 Å². The number of benzene rings is 3. The first-order chi connectivity index (χ1) is 13.3. The topological polar surface area (TPSA) is 74.8 Å². The van der Waals surface area contributed by atoms with Gasteiger partial charge in [-0.1, -0.05) is 53.5 Å². The van der Waals surface area contributed by atoms with Crippen LogP contribution >= 0.6 is 23.2 Å². The van der Waals surface area contributed by atoms with Gasteiger partial charge in [0.05, 0.1) is 14.9 Å². The summed E-state index contributed by atoms with van der Waals surface area (Å²) in [6.45, 7) is -0.413. The van der Waals surface area contributed by atoms with Gasteiger partial charge < -0.3 is 0 Å². The molecule has 0 spiro atoms. The smallest absolute Gasteiger partial charge is 0.284 e. The number of amides is 3. The Morgan fingerprint density at radius 3 is 2.25 bits per heavy atom. The average Bonchev–Trinajstić information content (AvgIpc) is 2.98. The summed E-state index contributed by atoms with van der Waals surface area (Å²) >= 11 is 11.8. The number of imide groups is 1. The maximum atomic E-state index is 13.0. The fourth-order valence-corrected chi connectivity index (χ4v) is 4.66. The van der Waals surface area contributed by atoms with Gasteiger partial charge in [-0.05, 0) is 41.1 Å². The number of urea groups is 1. The monoisotopic (exact) mass is 434 g/mol. The van der Waals surface area contributed by atoms with Crippen LogP contribution in [0.5, 0.6) is 0 Å². The van der Waals surface area contributed by atoms with Crippen molar-refractivity contribution in [2.45, 2.75) is 4.90 Å². The molecule has 1 fully saturated rings. The van der Waals surface area contributed by atoms with E-state index in [9.17, 15) is 18.0 Å². The van der Waals surface area contributed by atoms with Gasteiger partial charge in [-0.2, -0.15) is 0 Å². The third kappa shape index (κ3) is 3.01. The lowest BCUT2D eigenvalue weighted by Gasteiger charge is -2.18. The number of halogens is 2. The summed E-state index contributed by atoms with van der Waals surface area (Å²) in [4.78, 5) is 26.1. The normalized spacial score (nSPS) is 14.9. The van der Waals surface area contributed by atoms with Gasteiger partial charge in [-0.25, -0.2) is 13.2 Å². The van der Waals surface area contributed by atoms with Gasteiger partial charge in [0.15, 0.2) is 0 Å². The van der Waals surface area contributed by atoms with E-state index in [4.69, 9.17) is 23.2 Å². The van der Waals surface area contributed by atoms with E-state index in [1.807, 2.05) is 12.1 Å². The lowest BCUT2D eigenvalue weighted by Crippen LogP contribution is -2.38. The van der Waals surface area contributed by atoms with Crippen molar-refractivity contribution in [2.24, 2.45) is 0 Å². The van der Waals surface area contributed by atoms with Crippen molar-refractivity contribution in [2.75, 3.05) is 11.4 Å². The fourth-order valence-electron chi connectivity index (χ4n) is 3.01. The second-order valence-corrected chi connectivity index (χ2v) is 8.74. The molecule has 0 aromatic heterocycles. The van der Waals surface area contributed by atoms with Crippen molar-refractivity contribution < 1.29 is 18.0 Å². The molecule has 6 nitrogen and oxygen atoms in total. The Labute approximate surface area is 170 Å². The van der Waals surface area contributed by atoms with Crippen molar-refractivity contribution in [3.8, 4) is 0 Å². The number of fused-ring (bicyclic) bond motifs is 1. The summed E-state index contributed by atoms with van der Waals surface area (Å²) in [6.07, 6.45) is 0. The zero-order valence-electron chi connectivity index (χ0n) is 14.2. The van der Waals surface area contributed by atoms with Gasteiger partial charge in [0, 0.05) is 5.69 Å². The number of nitrogens with zero attached hydrogens (tertiary/aromatic N) is 2. The second-order valence-electron chi connectivity index (χ2n) is 6.14. The summed E-state index contributed by atoms with van der Waals surface area (Å²) in [7, 11) is -4.35. The first-order valence-electron chi connectivity index (χ1n) is 8.12. The standard InChI is InChI=1S/C19H12Cl2N2O4S/c20-16-8-6-14(10-17(16)21)22-11-18(24)23(19(22)25)28(26,27)15-7-5-12-3-1-2-4-13(12)9-15/h1-10H,11H2. The van der Waals surface area contributed by atoms with Crippen LogP contribution in [0.1, 0.15) is 0 Å². The lowest BCUT2D eigenvalue weighted by molar-refractivity contribution is -0.121. The quantitative estimate of drug-likeness (QED) is 0.575. The Morgan fingerprint density at radius 1 is 0.821 bits per heavy atom. The number of carbonyl (C=O) groups excluding carboxylic acids is 2. The van der Waals surface area contributed by atoms with Crippen LogP contribution in [0.15, 0.2) is 65.6 Å². The van der Waals surface area contributed by atoms with Crippen LogP contribution in [0.25, 0.3) is 10.8 Å². The van der Waals surface area contributed by atoms with Crippen LogP contribution in [0.2, 0.25) is 10.0 Å². The molecule has 0 N–H and O–H groups in total. The predicted octanol–water partition coefficient (Wildman–Crippen LogP) is 4.30. The Balaban J connectivity index is 1.73. The molecule has 0 bridgehead atoms. The highest BCUT2D eigenvalue weighted by atomic mass is 35.5. The maximum absolute atomic E-state index is 13.0. The van der Waals surface area contributed by atoms with Crippen LogP contribution in [-0.4, -0.2) is 31.2 Å². The van der Waals surface area contributed by atoms with Gasteiger partial charge in [-0.15, -0.1) is 4.31 Å². The summed E-state index contributed by atoms with van der Waals surface area (Å²) in [6, 6.07) is 15.0. The number of rotatable bonds is 3. The van der Waals surface area contributed by atoms with Crippen LogP contribution in [0.3, 0.4) is 0 Å². The minimum absolute atomic E-state index is 0.135. The van der Waals surface area contributed by atoms with Crippen LogP contribution in [0, 0.1) is 0 Å². The molecule has 1 aliphatic heterocycles. The second kappa shape index (κ2) is 6.77. The van der Waals surface area contributed by atoms with Gasteiger partial charge >= 0.3 is 6.03 Å². The Bertz CT molecular complexity index is 1240. The Kier molecular flexibility index (Phi) is 4.53. The summed E-state index contributed by atoms with van der Waals surface area (Å²) in [5, 5.41) is 2.00. The summed E-state index contributed by atoms with van der Waals surface area (Å²) in [5.74, 6) is -0.843. The molecule has 3 amide bonds. The molecule has 0 unspecified atom stereocenters. The van der Waals surface area contributed by atoms with Gasteiger partial charge in [0.1, 0.15) is 6.54 Å². The molecule has 3 aromatic rings. The molecule has 0 aliphatic carbocycles. The van der Waals surface area contributed by atoms with E-state index in [0.717, 1.165) is 10.3 Å². The molecule has 0 radical (unpaired) electrons. The first-order valence-corrected chi connectivity index (χ1v) is 10.3. The SMILES string of the molecule is O=C1CN(c2ccc(Cl)c(Cl)c2)C(=O)N1S(=O)(=O)c1ccc2ccccc2c1. The van der Waals surface area contributed by atoms with E-state index in [0.29, 0.717) is 9.69 Å². The van der Waals surface area contributed by atoms with Crippen molar-refractivity contribution in [1.82, 2.24) is 4.31 Å². The molecule has 1 heterocycles. The molecule has 0 atom stereocenters. The van der Waals surface area contributed by atoms with E-state index >= 15 is 0 Å². The average molecular weight is 435 g/mol. The van der Waals surface area contributed by atoms with E-state index in [2.05, 4.69) is 0 Å². The largest absolute Gasteiger partial charge is 0.346 e. The van der Waals surface area contributed by atoms with E-state index < -0.39 is 28.5 Å². The van der Waals surface area contributed by atoms with E-state index in [1.165, 1.54) is 30.3 Å². The first kappa shape index (κ1) is 18.7. The predicted molar refractivity (Wildman–Crippen MR) is 107 cm³/mol. The third-order valence-electron chi connectivity index (χ3n) is 4.40. The van der Waals surface area contributed by atoms with Gasteiger partial charge in [-0.3, -0.25) is 9.69 Å². The molecule has 3 aromatic carbocycles. The molecule has 1 aliphatic rings. The molecule has 9 heteroatoms. The van der Waals surface area contributed by atoms with Gasteiger partial charge in [0.25, 0.3) is 15.9 Å². The van der Waals surface area contributed by atoms with Crippen molar-refractivity contribution >= 4 is 61.6 Å². The van der Waals surface area contributed by atoms with Crippen LogP contribution in [-0.2, 0) is 14.8 Å². The highest BCUT2D eigenvalue weighted by Crippen LogP contribution is 2.31. The minimum atomic E-state index is -4.35. The third-order valence-corrected chi connectivity index (χ3v) is 6.83. The van der Waals surface area contributed by atoms with Crippen molar-refractivity contribution in [1.29, 1.82) is 0 Å². The molecule has 4 rings (SSSR count). The lowest BCUT2D eigenvalue weighted by atomic mass is 10.1. The van der Waals surface area contributed by atoms with Gasteiger partial charge in [0.2, 0.25) is 0 Å². The zero-order chi connectivity index (χ0) is 20.1. The van der Waals surface area contributed by atoms with E-state index in [-0.39, 0.29) is 20.6 Å². The summed E-state index contributed by atoms with van der Waals surface area (Å²) < 4.78 is 26.3. The number of carbonyl (C=O) groups is 2. The molecular weight excluding hydrogens is 423 g/mol. The number of hydrogen-bond donors (Lipinski definition) is 0. The molecule has 142 valence electrons. The fraction of sp³-hybridized carbons (Fsp3) is 0.0526. The molecular formula is C19H12Cl2N2O4S. The van der Waals surface area contributed by atoms with Crippen molar-refractivity contribution in [3.63, 3.8) is 0 Å². The number of anilines is 1. The van der Waals surface area contributed by atoms with Crippen LogP contribution < -0.4 is 4.90 Å². The number of hydrogen-bond acceptors (Lipinski definition) is 4. The zero-order valence-corrected chi connectivity index (χ0v) is 16.5. The minimum Gasteiger partial charge on any atom is -0.284 e. The van der Waals surface area contributed by atoms with Crippen LogP contribution in [0.4, 0.5) is 10.5 Å². The van der Waals surface area contributed by atoms with Crippen molar-refractivity contribution in [3.05, 3.63) is 70.7 Å². The molecule has 0 saturated carbocycles.